The fourth-order valence-corrected chi connectivity index (χ4v) is 2.12. The second-order valence-corrected chi connectivity index (χ2v) is 5.27. The number of nitrogens with zero attached hydrogens (tertiary/aromatic N) is 1. The first-order valence-corrected chi connectivity index (χ1v) is 7.08. The molecule has 0 spiro atoms. The Kier molecular flexibility index (Phi) is 5.87. The molecule has 106 valence electrons. The van der Waals surface area contributed by atoms with Crippen LogP contribution in [0, 0.1) is 6.92 Å². The standard InChI is InChI=1S/C16H26N2O/c1-6-8-14(7-2)17-15-11-13(10-9-12(15)3)16(19)18(4)5/h9-11,14,17H,6-8H2,1-5H3. The van der Waals surface area contributed by atoms with Crippen molar-refractivity contribution in [3.05, 3.63) is 29.3 Å². The predicted octanol–water partition coefficient (Wildman–Crippen LogP) is 3.69. The van der Waals surface area contributed by atoms with Crippen molar-refractivity contribution in [2.24, 2.45) is 0 Å². The van der Waals surface area contributed by atoms with Crippen LogP contribution in [-0.4, -0.2) is 30.9 Å². The van der Waals surface area contributed by atoms with Crippen molar-refractivity contribution in [1.82, 2.24) is 4.90 Å². The minimum absolute atomic E-state index is 0.0478. The summed E-state index contributed by atoms with van der Waals surface area (Å²) in [6.07, 6.45) is 3.42. The molecule has 1 rings (SSSR count). The lowest BCUT2D eigenvalue weighted by Crippen LogP contribution is -2.23. The average Bonchev–Trinajstić information content (AvgIpc) is 2.39. The Balaban J connectivity index is 2.94. The molecule has 3 nitrogen and oxygen atoms in total. The molecule has 1 unspecified atom stereocenters. The van der Waals surface area contributed by atoms with Gasteiger partial charge in [0.25, 0.3) is 5.91 Å². The van der Waals surface area contributed by atoms with Gasteiger partial charge in [0.15, 0.2) is 0 Å². The van der Waals surface area contributed by atoms with Crippen molar-refractivity contribution >= 4 is 11.6 Å². The van der Waals surface area contributed by atoms with Crippen molar-refractivity contribution in [2.45, 2.75) is 46.1 Å². The van der Waals surface area contributed by atoms with E-state index in [-0.39, 0.29) is 5.91 Å². The Labute approximate surface area is 117 Å². The van der Waals surface area contributed by atoms with Gasteiger partial charge in [-0.15, -0.1) is 0 Å². The third kappa shape index (κ3) is 4.27. The van der Waals surface area contributed by atoms with Gasteiger partial charge >= 0.3 is 0 Å². The minimum atomic E-state index is 0.0478. The third-order valence-corrected chi connectivity index (χ3v) is 3.38. The Morgan fingerprint density at radius 1 is 1.32 bits per heavy atom. The Morgan fingerprint density at radius 2 is 2.00 bits per heavy atom. The smallest absolute Gasteiger partial charge is 0.253 e. The molecule has 0 aliphatic rings. The number of hydrogen-bond donors (Lipinski definition) is 1. The van der Waals surface area contributed by atoms with Crippen LogP contribution in [-0.2, 0) is 0 Å². The molecular formula is C16H26N2O. The van der Waals surface area contributed by atoms with Crippen molar-refractivity contribution < 1.29 is 4.79 Å². The molecule has 1 atom stereocenters. The molecule has 0 bridgehead atoms. The maximum atomic E-state index is 12.0. The van der Waals surface area contributed by atoms with E-state index in [0.29, 0.717) is 6.04 Å². The summed E-state index contributed by atoms with van der Waals surface area (Å²) in [5.41, 5.74) is 3.00. The van der Waals surface area contributed by atoms with E-state index in [1.165, 1.54) is 12.0 Å². The molecule has 1 aromatic rings. The van der Waals surface area contributed by atoms with Crippen LogP contribution in [0.1, 0.15) is 49.0 Å². The van der Waals surface area contributed by atoms with Gasteiger partial charge in [0.1, 0.15) is 0 Å². The van der Waals surface area contributed by atoms with E-state index in [1.54, 1.807) is 19.0 Å². The maximum Gasteiger partial charge on any atom is 0.253 e. The highest BCUT2D eigenvalue weighted by atomic mass is 16.2. The van der Waals surface area contributed by atoms with Crippen molar-refractivity contribution in [3.8, 4) is 0 Å². The zero-order valence-electron chi connectivity index (χ0n) is 12.8. The SMILES string of the molecule is CCCC(CC)Nc1cc(C(=O)N(C)C)ccc1C. The first kappa shape index (κ1) is 15.5. The first-order valence-electron chi connectivity index (χ1n) is 7.08. The fraction of sp³-hybridized carbons (Fsp3) is 0.562. The van der Waals surface area contributed by atoms with E-state index in [1.807, 2.05) is 18.2 Å². The average molecular weight is 262 g/mol. The number of rotatable bonds is 6. The van der Waals surface area contributed by atoms with Gasteiger partial charge in [-0.2, -0.15) is 0 Å². The van der Waals surface area contributed by atoms with E-state index < -0.39 is 0 Å². The summed E-state index contributed by atoms with van der Waals surface area (Å²) < 4.78 is 0. The highest BCUT2D eigenvalue weighted by Crippen LogP contribution is 2.20. The molecule has 0 fully saturated rings. The van der Waals surface area contributed by atoms with Crippen LogP contribution in [0.15, 0.2) is 18.2 Å². The molecule has 0 aliphatic carbocycles. The van der Waals surface area contributed by atoms with Crippen molar-refractivity contribution in [2.75, 3.05) is 19.4 Å². The zero-order valence-corrected chi connectivity index (χ0v) is 12.8. The molecule has 0 saturated heterocycles. The number of carbonyl (C=O) groups is 1. The van der Waals surface area contributed by atoms with E-state index in [0.717, 1.165) is 24.1 Å². The van der Waals surface area contributed by atoms with E-state index in [4.69, 9.17) is 0 Å². The van der Waals surface area contributed by atoms with Crippen LogP contribution in [0.5, 0.6) is 0 Å². The number of benzene rings is 1. The highest BCUT2D eigenvalue weighted by molar-refractivity contribution is 5.95. The Morgan fingerprint density at radius 3 is 2.53 bits per heavy atom. The Hall–Kier alpha value is -1.51. The maximum absolute atomic E-state index is 12.0. The molecule has 1 aromatic carbocycles. The highest BCUT2D eigenvalue weighted by Gasteiger charge is 2.12. The minimum Gasteiger partial charge on any atom is -0.382 e. The molecule has 0 radical (unpaired) electrons. The summed E-state index contributed by atoms with van der Waals surface area (Å²) in [6.45, 7) is 6.46. The summed E-state index contributed by atoms with van der Waals surface area (Å²) in [4.78, 5) is 13.6. The summed E-state index contributed by atoms with van der Waals surface area (Å²) >= 11 is 0. The largest absolute Gasteiger partial charge is 0.382 e. The second kappa shape index (κ2) is 7.17. The van der Waals surface area contributed by atoms with Gasteiger partial charge in [0.2, 0.25) is 0 Å². The van der Waals surface area contributed by atoms with Gasteiger partial charge in [-0.05, 0) is 37.5 Å². The van der Waals surface area contributed by atoms with E-state index in [2.05, 4.69) is 26.1 Å². The second-order valence-electron chi connectivity index (χ2n) is 5.27. The molecule has 1 N–H and O–H groups in total. The fourth-order valence-electron chi connectivity index (χ4n) is 2.12. The number of aryl methyl sites for hydroxylation is 1. The molecule has 0 aliphatic heterocycles. The van der Waals surface area contributed by atoms with E-state index in [9.17, 15) is 4.79 Å². The molecular weight excluding hydrogens is 236 g/mol. The quantitative estimate of drug-likeness (QED) is 0.848. The molecule has 0 saturated carbocycles. The van der Waals surface area contributed by atoms with Gasteiger partial charge in [0, 0.05) is 31.4 Å². The topological polar surface area (TPSA) is 32.3 Å². The van der Waals surface area contributed by atoms with Crippen molar-refractivity contribution in [1.29, 1.82) is 0 Å². The first-order chi connectivity index (χ1) is 8.99. The lowest BCUT2D eigenvalue weighted by molar-refractivity contribution is 0.0827. The van der Waals surface area contributed by atoms with Gasteiger partial charge in [-0.1, -0.05) is 26.3 Å². The molecule has 1 amide bonds. The summed E-state index contributed by atoms with van der Waals surface area (Å²) in [7, 11) is 3.56. The molecule has 3 heteroatoms. The number of carbonyl (C=O) groups excluding carboxylic acids is 1. The van der Waals surface area contributed by atoms with Crippen LogP contribution >= 0.6 is 0 Å². The zero-order chi connectivity index (χ0) is 14.4. The summed E-state index contributed by atoms with van der Waals surface area (Å²) in [5, 5.41) is 3.56. The number of anilines is 1. The normalized spacial score (nSPS) is 12.1. The van der Waals surface area contributed by atoms with Gasteiger partial charge in [-0.3, -0.25) is 4.79 Å². The van der Waals surface area contributed by atoms with Gasteiger partial charge in [0.05, 0.1) is 0 Å². The lowest BCUT2D eigenvalue weighted by Gasteiger charge is -2.20. The number of hydrogen-bond acceptors (Lipinski definition) is 2. The van der Waals surface area contributed by atoms with Gasteiger partial charge in [-0.25, -0.2) is 0 Å². The summed E-state index contributed by atoms with van der Waals surface area (Å²) in [5.74, 6) is 0.0478. The molecule has 0 heterocycles. The van der Waals surface area contributed by atoms with E-state index >= 15 is 0 Å². The number of amides is 1. The third-order valence-electron chi connectivity index (χ3n) is 3.38. The van der Waals surface area contributed by atoms with Gasteiger partial charge < -0.3 is 10.2 Å². The van der Waals surface area contributed by atoms with Crippen molar-refractivity contribution in [3.63, 3.8) is 0 Å². The van der Waals surface area contributed by atoms with Crippen LogP contribution in [0.3, 0.4) is 0 Å². The monoisotopic (exact) mass is 262 g/mol. The van der Waals surface area contributed by atoms with Crippen LogP contribution in [0.25, 0.3) is 0 Å². The van der Waals surface area contributed by atoms with Crippen LogP contribution in [0.4, 0.5) is 5.69 Å². The Bertz CT molecular complexity index is 427. The van der Waals surface area contributed by atoms with Crippen LogP contribution < -0.4 is 5.32 Å². The molecule has 0 aromatic heterocycles. The molecule has 19 heavy (non-hydrogen) atoms. The predicted molar refractivity (Wildman–Crippen MR) is 81.8 cm³/mol. The summed E-state index contributed by atoms with van der Waals surface area (Å²) in [6, 6.07) is 6.35. The van der Waals surface area contributed by atoms with Crippen LogP contribution in [0.2, 0.25) is 0 Å². The lowest BCUT2D eigenvalue weighted by atomic mass is 10.1. The number of nitrogens with one attached hydrogen (secondary N) is 1.